The highest BCUT2D eigenvalue weighted by molar-refractivity contribution is 5.22. The average molecular weight is 247 g/mol. The van der Waals surface area contributed by atoms with E-state index in [1.54, 1.807) is 0 Å². The first kappa shape index (κ1) is 12.6. The average Bonchev–Trinajstić information content (AvgIpc) is 2.71. The molecule has 1 aliphatic rings. The van der Waals surface area contributed by atoms with Crippen LogP contribution >= 0.6 is 0 Å². The van der Waals surface area contributed by atoms with E-state index in [1.165, 1.54) is 10.8 Å². The van der Waals surface area contributed by atoms with Crippen molar-refractivity contribution in [2.24, 2.45) is 11.8 Å². The zero-order valence-electron chi connectivity index (χ0n) is 10.6. The fraction of sp³-hybridized carbons (Fsp3) is 0.615. The Hall–Kier alpha value is -1.83. The molecular formula is C13H17N3O2. The summed E-state index contributed by atoms with van der Waals surface area (Å²) in [7, 11) is 0. The molecular weight excluding hydrogens is 230 g/mol. The second-order valence-corrected chi connectivity index (χ2v) is 4.99. The van der Waals surface area contributed by atoms with Gasteiger partial charge in [-0.25, -0.2) is 4.79 Å². The predicted molar refractivity (Wildman–Crippen MR) is 67.3 cm³/mol. The summed E-state index contributed by atoms with van der Waals surface area (Å²) < 4.78 is 1.53. The summed E-state index contributed by atoms with van der Waals surface area (Å²) in [6, 6.07) is 1.91. The SMILES string of the molecule is CCC1CCC(n2cc(C#N)c(=O)[nH]c2=O)C1C. The molecule has 0 aromatic carbocycles. The molecule has 5 nitrogen and oxygen atoms in total. The molecule has 0 spiro atoms. The zero-order chi connectivity index (χ0) is 13.3. The van der Waals surface area contributed by atoms with Crippen molar-refractivity contribution in [1.29, 1.82) is 5.26 Å². The monoisotopic (exact) mass is 247 g/mol. The summed E-state index contributed by atoms with van der Waals surface area (Å²) in [4.78, 5) is 25.4. The number of H-pyrrole nitrogens is 1. The van der Waals surface area contributed by atoms with Gasteiger partial charge in [-0.1, -0.05) is 20.3 Å². The predicted octanol–water partition coefficient (Wildman–Crippen LogP) is 1.41. The molecule has 96 valence electrons. The Bertz CT molecular complexity index is 593. The van der Waals surface area contributed by atoms with Crippen molar-refractivity contribution in [1.82, 2.24) is 9.55 Å². The Morgan fingerprint density at radius 3 is 2.78 bits per heavy atom. The maximum absolute atomic E-state index is 11.8. The van der Waals surface area contributed by atoms with Gasteiger partial charge in [0.2, 0.25) is 0 Å². The van der Waals surface area contributed by atoms with Gasteiger partial charge in [-0.3, -0.25) is 14.3 Å². The number of nitrogens with one attached hydrogen (secondary N) is 1. The van der Waals surface area contributed by atoms with Gasteiger partial charge in [0.1, 0.15) is 11.6 Å². The minimum absolute atomic E-state index is 0.00162. The lowest BCUT2D eigenvalue weighted by Crippen LogP contribution is -2.34. The van der Waals surface area contributed by atoms with Gasteiger partial charge in [-0.2, -0.15) is 5.26 Å². The number of nitrogens with zero attached hydrogens (tertiary/aromatic N) is 2. The molecule has 3 unspecified atom stereocenters. The van der Waals surface area contributed by atoms with Gasteiger partial charge in [0.25, 0.3) is 5.56 Å². The maximum atomic E-state index is 11.8. The van der Waals surface area contributed by atoms with Crippen molar-refractivity contribution in [2.75, 3.05) is 0 Å². The van der Waals surface area contributed by atoms with Crippen LogP contribution in [-0.2, 0) is 0 Å². The molecule has 0 radical (unpaired) electrons. The van der Waals surface area contributed by atoms with Crippen LogP contribution in [0.3, 0.4) is 0 Å². The Kier molecular flexibility index (Phi) is 3.37. The minimum Gasteiger partial charge on any atom is -0.296 e. The fourth-order valence-electron chi connectivity index (χ4n) is 3.00. The van der Waals surface area contributed by atoms with Crippen molar-refractivity contribution in [2.45, 2.75) is 39.2 Å². The largest absolute Gasteiger partial charge is 0.328 e. The summed E-state index contributed by atoms with van der Waals surface area (Å²) in [6.45, 7) is 4.29. The van der Waals surface area contributed by atoms with Crippen LogP contribution in [0.25, 0.3) is 0 Å². The number of hydrogen-bond acceptors (Lipinski definition) is 3. The highest BCUT2D eigenvalue weighted by Crippen LogP contribution is 2.40. The molecule has 0 saturated heterocycles. The van der Waals surface area contributed by atoms with Crippen molar-refractivity contribution >= 4 is 0 Å². The fourth-order valence-corrected chi connectivity index (χ4v) is 3.00. The van der Waals surface area contributed by atoms with Crippen LogP contribution in [0, 0.1) is 23.2 Å². The molecule has 3 atom stereocenters. The molecule has 0 aliphatic heterocycles. The molecule has 1 saturated carbocycles. The van der Waals surface area contributed by atoms with Crippen LogP contribution < -0.4 is 11.2 Å². The van der Waals surface area contributed by atoms with Crippen LogP contribution in [0.15, 0.2) is 15.8 Å². The molecule has 0 amide bonds. The summed E-state index contributed by atoms with van der Waals surface area (Å²) in [5.74, 6) is 1.00. The number of aromatic amines is 1. The lowest BCUT2D eigenvalue weighted by molar-refractivity contribution is 0.321. The number of aromatic nitrogens is 2. The van der Waals surface area contributed by atoms with Gasteiger partial charge in [0.15, 0.2) is 0 Å². The third-order valence-electron chi connectivity index (χ3n) is 4.15. The molecule has 1 aromatic rings. The van der Waals surface area contributed by atoms with E-state index < -0.39 is 11.2 Å². The lowest BCUT2D eigenvalue weighted by atomic mass is 9.93. The quantitative estimate of drug-likeness (QED) is 0.858. The third kappa shape index (κ3) is 1.99. The van der Waals surface area contributed by atoms with Crippen molar-refractivity contribution in [3.8, 4) is 6.07 Å². The number of hydrogen-bond donors (Lipinski definition) is 1. The third-order valence-corrected chi connectivity index (χ3v) is 4.15. The van der Waals surface area contributed by atoms with Gasteiger partial charge in [-0.15, -0.1) is 0 Å². The van der Waals surface area contributed by atoms with Crippen molar-refractivity contribution in [3.05, 3.63) is 32.6 Å². The molecule has 1 heterocycles. The van der Waals surface area contributed by atoms with Gasteiger partial charge >= 0.3 is 5.69 Å². The van der Waals surface area contributed by atoms with E-state index >= 15 is 0 Å². The molecule has 1 aromatic heterocycles. The molecule has 5 heteroatoms. The smallest absolute Gasteiger partial charge is 0.296 e. The minimum atomic E-state index is -0.601. The molecule has 1 N–H and O–H groups in total. The normalized spacial score (nSPS) is 27.1. The molecule has 1 aliphatic carbocycles. The maximum Gasteiger partial charge on any atom is 0.328 e. The van der Waals surface area contributed by atoms with E-state index in [-0.39, 0.29) is 11.6 Å². The van der Waals surface area contributed by atoms with Crippen LogP contribution in [0.5, 0.6) is 0 Å². The first-order valence-corrected chi connectivity index (χ1v) is 6.34. The van der Waals surface area contributed by atoms with Gasteiger partial charge < -0.3 is 0 Å². The molecule has 18 heavy (non-hydrogen) atoms. The van der Waals surface area contributed by atoms with E-state index in [9.17, 15) is 9.59 Å². The van der Waals surface area contributed by atoms with Gasteiger partial charge in [0, 0.05) is 12.2 Å². The Morgan fingerprint density at radius 1 is 1.50 bits per heavy atom. The second-order valence-electron chi connectivity index (χ2n) is 4.99. The van der Waals surface area contributed by atoms with E-state index in [0.717, 1.165) is 19.3 Å². The number of nitriles is 1. The first-order valence-electron chi connectivity index (χ1n) is 6.34. The standard InChI is InChI=1S/C13H17N3O2/c1-3-9-4-5-11(8(9)2)16-7-10(6-14)12(17)15-13(16)18/h7-9,11H,3-5H2,1-2H3,(H,15,17,18). The van der Waals surface area contributed by atoms with Crippen LogP contribution in [0.2, 0.25) is 0 Å². The van der Waals surface area contributed by atoms with E-state index in [0.29, 0.717) is 11.8 Å². The topological polar surface area (TPSA) is 78.7 Å². The lowest BCUT2D eigenvalue weighted by Gasteiger charge is -2.21. The highest BCUT2D eigenvalue weighted by Gasteiger charge is 2.33. The summed E-state index contributed by atoms with van der Waals surface area (Å²) in [6.07, 6.45) is 4.52. The van der Waals surface area contributed by atoms with E-state index in [4.69, 9.17) is 5.26 Å². The highest BCUT2D eigenvalue weighted by atomic mass is 16.2. The Balaban J connectivity index is 2.44. The summed E-state index contributed by atoms with van der Waals surface area (Å²) in [5.41, 5.74) is -1.01. The zero-order valence-corrected chi connectivity index (χ0v) is 10.6. The Morgan fingerprint density at radius 2 is 2.22 bits per heavy atom. The molecule has 0 bridgehead atoms. The molecule has 1 fully saturated rings. The summed E-state index contributed by atoms with van der Waals surface area (Å²) >= 11 is 0. The van der Waals surface area contributed by atoms with Crippen LogP contribution in [-0.4, -0.2) is 9.55 Å². The molecule has 2 rings (SSSR count). The Labute approximate surface area is 105 Å². The summed E-state index contributed by atoms with van der Waals surface area (Å²) in [5, 5.41) is 8.86. The van der Waals surface area contributed by atoms with Crippen molar-refractivity contribution < 1.29 is 0 Å². The number of rotatable bonds is 2. The van der Waals surface area contributed by atoms with E-state index in [1.807, 2.05) is 6.07 Å². The van der Waals surface area contributed by atoms with Crippen molar-refractivity contribution in [3.63, 3.8) is 0 Å². The van der Waals surface area contributed by atoms with Crippen LogP contribution in [0.4, 0.5) is 0 Å². The van der Waals surface area contributed by atoms with Crippen LogP contribution in [0.1, 0.15) is 44.7 Å². The van der Waals surface area contributed by atoms with Gasteiger partial charge in [0.05, 0.1) is 0 Å². The first-order chi connectivity index (χ1) is 8.58. The van der Waals surface area contributed by atoms with E-state index in [2.05, 4.69) is 18.8 Å². The van der Waals surface area contributed by atoms with Gasteiger partial charge in [-0.05, 0) is 24.7 Å². The second kappa shape index (κ2) is 4.81.